The van der Waals surface area contributed by atoms with E-state index in [0.717, 1.165) is 31.0 Å². The highest BCUT2D eigenvalue weighted by molar-refractivity contribution is 5.94. The standard InChI is InChI=1S/C27H33N5O/c1-17-16-31(13-12-29-17)23-10-11-25-24(14-23)26(30-22-8-4-20(15-28)5-9-22)18(2)27(21-6-7-21)32(25)19(3)33/h4-5,8-11,14,17-18,21,26-27,29-30H,6-7,12-13,16H2,1-3H3. The van der Waals surface area contributed by atoms with Crippen LogP contribution in [0, 0.1) is 23.2 Å². The molecule has 2 fully saturated rings. The lowest BCUT2D eigenvalue weighted by molar-refractivity contribution is -0.117. The molecule has 172 valence electrons. The number of hydrogen-bond donors (Lipinski definition) is 2. The summed E-state index contributed by atoms with van der Waals surface area (Å²) in [5, 5.41) is 16.5. The minimum Gasteiger partial charge on any atom is -0.378 e. The molecule has 2 N–H and O–H groups in total. The van der Waals surface area contributed by atoms with Crippen LogP contribution in [0.3, 0.4) is 0 Å². The van der Waals surface area contributed by atoms with E-state index in [-0.39, 0.29) is 23.9 Å². The Bertz CT molecular complexity index is 1070. The Morgan fingerprint density at radius 3 is 2.55 bits per heavy atom. The van der Waals surface area contributed by atoms with E-state index in [1.165, 1.54) is 24.1 Å². The van der Waals surface area contributed by atoms with Gasteiger partial charge >= 0.3 is 0 Å². The van der Waals surface area contributed by atoms with Crippen LogP contribution in [0.2, 0.25) is 0 Å². The van der Waals surface area contributed by atoms with Crippen LogP contribution in [0.5, 0.6) is 0 Å². The van der Waals surface area contributed by atoms with Crippen molar-refractivity contribution in [2.75, 3.05) is 34.8 Å². The van der Waals surface area contributed by atoms with Crippen molar-refractivity contribution in [3.63, 3.8) is 0 Å². The van der Waals surface area contributed by atoms with Crippen LogP contribution < -0.4 is 20.4 Å². The van der Waals surface area contributed by atoms with Crippen molar-refractivity contribution in [2.24, 2.45) is 11.8 Å². The summed E-state index contributed by atoms with van der Waals surface area (Å²) in [6, 6.07) is 17.3. The average Bonchev–Trinajstić information content (AvgIpc) is 3.65. The first-order chi connectivity index (χ1) is 16.0. The number of piperazine rings is 1. The fraction of sp³-hybridized carbons (Fsp3) is 0.481. The van der Waals surface area contributed by atoms with Gasteiger partial charge in [0.05, 0.1) is 17.7 Å². The van der Waals surface area contributed by atoms with E-state index >= 15 is 0 Å². The molecule has 0 bridgehead atoms. The molecule has 1 aliphatic carbocycles. The Balaban J connectivity index is 1.56. The van der Waals surface area contributed by atoms with Crippen LogP contribution in [-0.2, 0) is 4.79 Å². The Hall–Kier alpha value is -3.04. The summed E-state index contributed by atoms with van der Waals surface area (Å²) in [6.45, 7) is 9.14. The lowest BCUT2D eigenvalue weighted by Gasteiger charge is -2.46. The maximum Gasteiger partial charge on any atom is 0.224 e. The van der Waals surface area contributed by atoms with Gasteiger partial charge in [-0.2, -0.15) is 5.26 Å². The monoisotopic (exact) mass is 443 g/mol. The Kier molecular flexibility index (Phi) is 5.76. The third-order valence-corrected chi connectivity index (χ3v) is 7.48. The van der Waals surface area contributed by atoms with Gasteiger partial charge in [0.15, 0.2) is 0 Å². The number of amides is 1. The Morgan fingerprint density at radius 2 is 1.91 bits per heavy atom. The SMILES string of the molecule is CC(=O)N1c2ccc(N3CCNC(C)C3)cc2C(Nc2ccc(C#N)cc2)C(C)C1C1CC1. The second-order valence-corrected chi connectivity index (χ2v) is 9.93. The van der Waals surface area contributed by atoms with E-state index in [9.17, 15) is 4.79 Å². The molecule has 2 aromatic rings. The van der Waals surface area contributed by atoms with Gasteiger partial charge in [0, 0.05) is 67.2 Å². The molecule has 1 amide bonds. The molecular formula is C27H33N5O. The zero-order valence-corrected chi connectivity index (χ0v) is 19.7. The largest absolute Gasteiger partial charge is 0.378 e. The quantitative estimate of drug-likeness (QED) is 0.738. The molecule has 33 heavy (non-hydrogen) atoms. The topological polar surface area (TPSA) is 71.4 Å². The number of carbonyl (C=O) groups is 1. The smallest absolute Gasteiger partial charge is 0.224 e. The number of carbonyl (C=O) groups excluding carboxylic acids is 1. The average molecular weight is 444 g/mol. The van der Waals surface area contributed by atoms with Gasteiger partial charge in [0.1, 0.15) is 0 Å². The second-order valence-electron chi connectivity index (χ2n) is 9.93. The van der Waals surface area contributed by atoms with Gasteiger partial charge in [-0.1, -0.05) is 6.92 Å². The van der Waals surface area contributed by atoms with Crippen molar-refractivity contribution in [3.05, 3.63) is 53.6 Å². The van der Waals surface area contributed by atoms with Crippen molar-refractivity contribution >= 4 is 23.0 Å². The lowest BCUT2D eigenvalue weighted by atomic mass is 9.79. The van der Waals surface area contributed by atoms with Gasteiger partial charge in [-0.3, -0.25) is 4.79 Å². The summed E-state index contributed by atoms with van der Waals surface area (Å²) in [4.78, 5) is 17.4. The molecule has 0 aromatic heterocycles. The molecule has 5 rings (SSSR count). The minimum atomic E-state index is 0.0921. The number of hydrogen-bond acceptors (Lipinski definition) is 5. The molecule has 0 radical (unpaired) electrons. The van der Waals surface area contributed by atoms with Crippen LogP contribution in [0.4, 0.5) is 17.1 Å². The first-order valence-electron chi connectivity index (χ1n) is 12.1. The molecule has 4 unspecified atom stereocenters. The molecule has 6 nitrogen and oxygen atoms in total. The first kappa shape index (κ1) is 21.8. The summed E-state index contributed by atoms with van der Waals surface area (Å²) in [6.07, 6.45) is 2.38. The fourth-order valence-corrected chi connectivity index (χ4v) is 5.74. The van der Waals surface area contributed by atoms with Crippen LogP contribution in [0.25, 0.3) is 0 Å². The Labute approximate surface area is 196 Å². The molecule has 1 saturated carbocycles. The van der Waals surface area contributed by atoms with Gasteiger partial charge in [-0.05, 0) is 68.1 Å². The van der Waals surface area contributed by atoms with Crippen LogP contribution >= 0.6 is 0 Å². The highest BCUT2D eigenvalue weighted by Gasteiger charge is 2.47. The minimum absolute atomic E-state index is 0.0921. The number of rotatable bonds is 4. The highest BCUT2D eigenvalue weighted by Crippen LogP contribution is 2.50. The first-order valence-corrected chi connectivity index (χ1v) is 12.1. The summed E-state index contributed by atoms with van der Waals surface area (Å²) in [5.74, 6) is 0.957. The molecule has 4 atom stereocenters. The lowest BCUT2D eigenvalue weighted by Crippen LogP contribution is -2.51. The second kappa shape index (κ2) is 8.72. The highest BCUT2D eigenvalue weighted by atomic mass is 16.2. The van der Waals surface area contributed by atoms with Gasteiger partial charge in [0.25, 0.3) is 0 Å². The van der Waals surface area contributed by atoms with Gasteiger partial charge in [-0.25, -0.2) is 0 Å². The van der Waals surface area contributed by atoms with Gasteiger partial charge in [-0.15, -0.1) is 0 Å². The van der Waals surface area contributed by atoms with E-state index in [2.05, 4.69) is 58.5 Å². The molecule has 3 aliphatic rings. The maximum absolute atomic E-state index is 12.9. The molecule has 2 aromatic carbocycles. The third kappa shape index (κ3) is 4.18. The number of nitrogens with zero attached hydrogens (tertiary/aromatic N) is 3. The number of anilines is 3. The molecule has 6 heteroatoms. The van der Waals surface area contributed by atoms with Crippen LogP contribution in [0.15, 0.2) is 42.5 Å². The normalized spacial score (nSPS) is 27.0. The number of fused-ring (bicyclic) bond motifs is 1. The maximum atomic E-state index is 12.9. The van der Waals surface area contributed by atoms with E-state index in [1.807, 2.05) is 24.3 Å². The number of nitrogens with one attached hydrogen (secondary N) is 2. The summed E-state index contributed by atoms with van der Waals surface area (Å²) < 4.78 is 0. The number of benzene rings is 2. The van der Waals surface area contributed by atoms with Crippen molar-refractivity contribution in [1.29, 1.82) is 5.26 Å². The van der Waals surface area contributed by atoms with Crippen molar-refractivity contribution in [1.82, 2.24) is 5.32 Å². The predicted molar refractivity (Wildman–Crippen MR) is 132 cm³/mol. The molecule has 1 saturated heterocycles. The third-order valence-electron chi connectivity index (χ3n) is 7.48. The van der Waals surface area contributed by atoms with E-state index in [4.69, 9.17) is 5.26 Å². The van der Waals surface area contributed by atoms with E-state index < -0.39 is 0 Å². The predicted octanol–water partition coefficient (Wildman–Crippen LogP) is 4.29. The van der Waals surface area contributed by atoms with E-state index in [0.29, 0.717) is 17.5 Å². The van der Waals surface area contributed by atoms with Gasteiger partial charge < -0.3 is 20.4 Å². The van der Waals surface area contributed by atoms with Crippen LogP contribution in [0.1, 0.15) is 50.8 Å². The van der Waals surface area contributed by atoms with E-state index in [1.54, 1.807) is 6.92 Å². The van der Waals surface area contributed by atoms with Gasteiger partial charge in [0.2, 0.25) is 5.91 Å². The molecule has 2 heterocycles. The van der Waals surface area contributed by atoms with Crippen molar-refractivity contribution in [2.45, 2.75) is 51.7 Å². The molecule has 2 aliphatic heterocycles. The zero-order valence-electron chi connectivity index (χ0n) is 19.7. The fourth-order valence-electron chi connectivity index (χ4n) is 5.74. The summed E-state index contributed by atoms with van der Waals surface area (Å²) >= 11 is 0. The summed E-state index contributed by atoms with van der Waals surface area (Å²) in [7, 11) is 0. The molecular weight excluding hydrogens is 410 g/mol. The zero-order chi connectivity index (χ0) is 23.1. The Morgan fingerprint density at radius 1 is 1.15 bits per heavy atom. The number of nitriles is 1. The van der Waals surface area contributed by atoms with Crippen molar-refractivity contribution in [3.8, 4) is 6.07 Å². The summed E-state index contributed by atoms with van der Waals surface area (Å²) in [5.41, 5.74) is 5.10. The van der Waals surface area contributed by atoms with Crippen molar-refractivity contribution < 1.29 is 4.79 Å². The molecule has 0 spiro atoms. The van der Waals surface area contributed by atoms with Crippen LogP contribution in [-0.4, -0.2) is 37.6 Å².